The van der Waals surface area contributed by atoms with Crippen molar-refractivity contribution in [2.24, 2.45) is 7.05 Å². The molecule has 0 saturated heterocycles. The summed E-state index contributed by atoms with van der Waals surface area (Å²) in [4.78, 5) is 60.7. The molecule has 0 saturated carbocycles. The predicted octanol–water partition coefficient (Wildman–Crippen LogP) is -1.08. The summed E-state index contributed by atoms with van der Waals surface area (Å²) in [5, 5.41) is 22.7. The highest BCUT2D eigenvalue weighted by atomic mass is 16.5. The fourth-order valence-corrected chi connectivity index (χ4v) is 2.88. The summed E-state index contributed by atoms with van der Waals surface area (Å²) >= 11 is 0. The van der Waals surface area contributed by atoms with Crippen molar-refractivity contribution in [3.8, 4) is 0 Å². The van der Waals surface area contributed by atoms with E-state index in [1.807, 2.05) is 0 Å². The molecule has 1 aromatic carbocycles. The minimum atomic E-state index is -1.40. The number of Topliss-reactive ketones (excluding diaryl/α,β-unsaturated/α-hetero) is 1. The van der Waals surface area contributed by atoms with Gasteiger partial charge in [-0.25, -0.2) is 9.59 Å². The van der Waals surface area contributed by atoms with Gasteiger partial charge in [-0.05, 0) is 10.8 Å². The monoisotopic (exact) mass is 471 g/mol. The van der Waals surface area contributed by atoms with Crippen LogP contribution in [-0.2, 0) is 41.1 Å². The van der Waals surface area contributed by atoms with Gasteiger partial charge in [0.2, 0.25) is 0 Å². The average molecular weight is 471 g/mol. The molecule has 2 aromatic heterocycles. The molecule has 0 fully saturated rings. The van der Waals surface area contributed by atoms with Gasteiger partial charge in [-0.1, -0.05) is 30.3 Å². The molecule has 3 rings (SSSR count). The Morgan fingerprint density at radius 1 is 1.15 bits per heavy atom. The van der Waals surface area contributed by atoms with Crippen LogP contribution in [0.25, 0.3) is 0 Å². The summed E-state index contributed by atoms with van der Waals surface area (Å²) in [6.07, 6.45) is -0.323. The molecule has 1 amide bonds. The van der Waals surface area contributed by atoms with Crippen molar-refractivity contribution in [1.29, 1.82) is 0 Å². The van der Waals surface area contributed by atoms with Gasteiger partial charge in [0, 0.05) is 19.3 Å². The van der Waals surface area contributed by atoms with Crippen LogP contribution in [0.1, 0.15) is 17.8 Å². The predicted molar refractivity (Wildman–Crippen MR) is 114 cm³/mol. The Kier molecular flexibility index (Phi) is 7.63. The first-order valence-electron chi connectivity index (χ1n) is 9.98. The quantitative estimate of drug-likeness (QED) is 0.369. The maximum atomic E-state index is 12.6. The molecule has 34 heavy (non-hydrogen) atoms. The first-order chi connectivity index (χ1) is 16.2. The highest BCUT2D eigenvalue weighted by Crippen LogP contribution is 2.03. The number of hydrogen-bond donors (Lipinski definition) is 2. The standard InChI is InChI=1S/C20H21N7O7/c1-25-8-7-17(29)26(20(25)33)11-16-22-24-27(23-16)10-15(28)14(9-18(30)31)21-19(32)34-12-13-5-3-2-4-6-13/h2-8,14H,9-12H2,1H3,(H,21,32)(H,30,31). The maximum absolute atomic E-state index is 12.6. The molecule has 2 heterocycles. The van der Waals surface area contributed by atoms with Crippen molar-refractivity contribution in [2.45, 2.75) is 32.2 Å². The van der Waals surface area contributed by atoms with Crippen molar-refractivity contribution >= 4 is 17.8 Å². The van der Waals surface area contributed by atoms with E-state index in [-0.39, 0.29) is 19.0 Å². The Morgan fingerprint density at radius 3 is 2.59 bits per heavy atom. The highest BCUT2D eigenvalue weighted by Gasteiger charge is 2.25. The summed E-state index contributed by atoms with van der Waals surface area (Å²) in [5.74, 6) is -2.03. The van der Waals surface area contributed by atoms with Crippen LogP contribution in [-0.4, -0.2) is 58.3 Å². The van der Waals surface area contributed by atoms with E-state index in [9.17, 15) is 24.0 Å². The first-order valence-corrected chi connectivity index (χ1v) is 9.98. The molecule has 0 aliphatic heterocycles. The van der Waals surface area contributed by atoms with Gasteiger partial charge in [0.05, 0.1) is 13.0 Å². The van der Waals surface area contributed by atoms with Crippen LogP contribution >= 0.6 is 0 Å². The molecular formula is C20H21N7O7. The number of carbonyl (C=O) groups is 3. The van der Waals surface area contributed by atoms with E-state index >= 15 is 0 Å². The lowest BCUT2D eigenvalue weighted by molar-refractivity contribution is -0.139. The van der Waals surface area contributed by atoms with Gasteiger partial charge >= 0.3 is 17.8 Å². The Bertz CT molecular complexity index is 1300. The van der Waals surface area contributed by atoms with Gasteiger partial charge in [0.15, 0.2) is 11.6 Å². The number of carbonyl (C=O) groups excluding carboxylic acids is 2. The maximum Gasteiger partial charge on any atom is 0.408 e. The number of nitrogens with one attached hydrogen (secondary N) is 1. The van der Waals surface area contributed by atoms with E-state index < -0.39 is 48.1 Å². The summed E-state index contributed by atoms with van der Waals surface area (Å²) in [6, 6.07) is 8.60. The van der Waals surface area contributed by atoms with Gasteiger partial charge in [-0.2, -0.15) is 4.80 Å². The molecule has 14 nitrogen and oxygen atoms in total. The summed E-state index contributed by atoms with van der Waals surface area (Å²) < 4.78 is 7.13. The van der Waals surface area contributed by atoms with E-state index in [2.05, 4.69) is 20.7 Å². The van der Waals surface area contributed by atoms with Gasteiger partial charge in [-0.3, -0.25) is 19.0 Å². The van der Waals surface area contributed by atoms with Crippen molar-refractivity contribution < 1.29 is 24.2 Å². The van der Waals surface area contributed by atoms with Crippen LogP contribution in [0.3, 0.4) is 0 Å². The second-order valence-electron chi connectivity index (χ2n) is 7.19. The van der Waals surface area contributed by atoms with E-state index in [1.165, 1.54) is 23.9 Å². The Labute approximate surface area is 191 Å². The molecule has 3 aromatic rings. The summed E-state index contributed by atoms with van der Waals surface area (Å²) in [6.45, 7) is -0.846. The number of aliphatic carboxylic acids is 1. The molecule has 2 N–H and O–H groups in total. The molecule has 0 bridgehead atoms. The van der Waals surface area contributed by atoms with Crippen molar-refractivity contribution in [2.75, 3.05) is 0 Å². The molecule has 1 atom stereocenters. The number of alkyl carbamates (subject to hydrolysis) is 1. The molecule has 178 valence electrons. The summed E-state index contributed by atoms with van der Waals surface area (Å²) in [5.41, 5.74) is -0.430. The smallest absolute Gasteiger partial charge is 0.408 e. The lowest BCUT2D eigenvalue weighted by atomic mass is 10.1. The first kappa shape index (κ1) is 24.0. The third kappa shape index (κ3) is 6.44. The zero-order valence-corrected chi connectivity index (χ0v) is 18.0. The zero-order chi connectivity index (χ0) is 24.7. The minimum Gasteiger partial charge on any atom is -0.481 e. The number of carboxylic acid groups (broad SMARTS) is 1. The minimum absolute atomic E-state index is 0.0109. The van der Waals surface area contributed by atoms with Crippen LogP contribution < -0.4 is 16.6 Å². The third-order valence-electron chi connectivity index (χ3n) is 4.60. The van der Waals surface area contributed by atoms with Gasteiger partial charge in [-0.15, -0.1) is 10.2 Å². The van der Waals surface area contributed by atoms with Crippen LogP contribution in [0.2, 0.25) is 0 Å². The van der Waals surface area contributed by atoms with Gasteiger partial charge in [0.25, 0.3) is 5.56 Å². The molecule has 0 radical (unpaired) electrons. The third-order valence-corrected chi connectivity index (χ3v) is 4.60. The van der Waals surface area contributed by atoms with Gasteiger partial charge < -0.3 is 19.7 Å². The SMILES string of the molecule is Cn1ccc(=O)n(Cc2nnn(CC(=O)C(CC(=O)O)NC(=O)OCc3ccccc3)n2)c1=O. The fraction of sp³-hybridized carbons (Fsp3) is 0.300. The number of ketones is 1. The fourth-order valence-electron chi connectivity index (χ4n) is 2.88. The second kappa shape index (κ2) is 10.8. The number of hydrogen-bond acceptors (Lipinski definition) is 9. The largest absolute Gasteiger partial charge is 0.481 e. The van der Waals surface area contributed by atoms with Crippen molar-refractivity contribution in [3.05, 3.63) is 74.8 Å². The van der Waals surface area contributed by atoms with E-state index in [4.69, 9.17) is 9.84 Å². The van der Waals surface area contributed by atoms with Crippen LogP contribution in [0.5, 0.6) is 0 Å². The van der Waals surface area contributed by atoms with Crippen molar-refractivity contribution in [1.82, 2.24) is 34.7 Å². The Balaban J connectivity index is 1.63. The molecule has 0 aliphatic carbocycles. The van der Waals surface area contributed by atoms with Crippen molar-refractivity contribution in [3.63, 3.8) is 0 Å². The van der Waals surface area contributed by atoms with Crippen LogP contribution in [0.4, 0.5) is 4.79 Å². The molecule has 0 spiro atoms. The zero-order valence-electron chi connectivity index (χ0n) is 18.0. The molecular weight excluding hydrogens is 450 g/mol. The lowest BCUT2D eigenvalue weighted by Crippen LogP contribution is -2.44. The number of nitrogens with zero attached hydrogens (tertiary/aromatic N) is 6. The number of rotatable bonds is 10. The highest BCUT2D eigenvalue weighted by molar-refractivity contribution is 5.90. The number of ether oxygens (including phenoxy) is 1. The Morgan fingerprint density at radius 2 is 1.88 bits per heavy atom. The number of carboxylic acids is 1. The van der Waals surface area contributed by atoms with Crippen LogP contribution in [0.15, 0.2) is 52.2 Å². The number of tetrazole rings is 1. The van der Waals surface area contributed by atoms with E-state index in [1.54, 1.807) is 30.3 Å². The average Bonchev–Trinajstić information content (AvgIpc) is 3.24. The number of aryl methyl sites for hydroxylation is 1. The van der Waals surface area contributed by atoms with E-state index in [0.717, 1.165) is 9.36 Å². The lowest BCUT2D eigenvalue weighted by Gasteiger charge is -2.15. The molecule has 14 heteroatoms. The number of benzene rings is 1. The number of amides is 1. The molecule has 1 unspecified atom stereocenters. The topological polar surface area (TPSA) is 180 Å². The number of aromatic nitrogens is 6. The Hall–Kier alpha value is -4.62. The van der Waals surface area contributed by atoms with Crippen LogP contribution in [0, 0.1) is 0 Å². The second-order valence-corrected chi connectivity index (χ2v) is 7.19. The van der Waals surface area contributed by atoms with E-state index in [0.29, 0.717) is 5.56 Å². The van der Waals surface area contributed by atoms with Gasteiger partial charge in [0.1, 0.15) is 19.2 Å². The normalized spacial score (nSPS) is 11.6. The summed E-state index contributed by atoms with van der Waals surface area (Å²) in [7, 11) is 1.47. The molecule has 0 aliphatic rings.